The van der Waals surface area contributed by atoms with Crippen molar-refractivity contribution in [1.29, 1.82) is 0 Å². The summed E-state index contributed by atoms with van der Waals surface area (Å²) in [6.07, 6.45) is 0. The van der Waals surface area contributed by atoms with Gasteiger partial charge in [0.25, 0.3) is 5.91 Å². The number of thiophene rings is 1. The highest BCUT2D eigenvalue weighted by molar-refractivity contribution is 7.22. The number of nitrogens with one attached hydrogen (secondary N) is 1. The molecule has 0 aliphatic carbocycles. The van der Waals surface area contributed by atoms with Crippen LogP contribution in [0.1, 0.15) is 25.7 Å². The molecule has 0 fully saturated rings. The molecule has 0 aliphatic rings. The normalized spacial score (nSPS) is 10.4. The van der Waals surface area contributed by atoms with Gasteiger partial charge in [0.1, 0.15) is 9.88 Å². The van der Waals surface area contributed by atoms with E-state index in [1.165, 1.54) is 18.4 Å². The van der Waals surface area contributed by atoms with Crippen molar-refractivity contribution in [2.24, 2.45) is 0 Å². The molecule has 1 aromatic carbocycles. The van der Waals surface area contributed by atoms with Crippen molar-refractivity contribution in [3.8, 4) is 9.88 Å². The van der Waals surface area contributed by atoms with Crippen molar-refractivity contribution in [2.75, 3.05) is 12.4 Å². The van der Waals surface area contributed by atoms with E-state index in [9.17, 15) is 9.59 Å². The molecule has 2 heterocycles. The van der Waals surface area contributed by atoms with E-state index in [2.05, 4.69) is 10.3 Å². The summed E-state index contributed by atoms with van der Waals surface area (Å²) in [4.78, 5) is 30.4. The highest BCUT2D eigenvalue weighted by atomic mass is 32.1. The molecule has 0 atom stereocenters. The molecule has 0 unspecified atom stereocenters. The molecule has 0 spiro atoms. The van der Waals surface area contributed by atoms with E-state index in [-0.39, 0.29) is 5.91 Å². The van der Waals surface area contributed by atoms with E-state index in [0.29, 0.717) is 21.8 Å². The van der Waals surface area contributed by atoms with Crippen molar-refractivity contribution in [3.05, 3.63) is 57.9 Å². The molecule has 0 bridgehead atoms. The lowest BCUT2D eigenvalue weighted by molar-refractivity contribution is 0.0602. The maximum absolute atomic E-state index is 12.6. The molecule has 0 aliphatic heterocycles. The smallest absolute Gasteiger partial charge is 0.339 e. The molecular formula is C17H14N2O3S2. The standard InChI is InChI=1S/C17H14N2O3S2/c1-10-14(24-16(18-10)13-8-5-9-23-13)15(20)19-12-7-4-3-6-11(12)17(21)22-2/h3-9H,1-2H3,(H,19,20). The van der Waals surface area contributed by atoms with Gasteiger partial charge in [-0.1, -0.05) is 18.2 Å². The van der Waals surface area contributed by atoms with E-state index < -0.39 is 5.97 Å². The first-order chi connectivity index (χ1) is 11.6. The van der Waals surface area contributed by atoms with Crippen LogP contribution < -0.4 is 5.32 Å². The van der Waals surface area contributed by atoms with Crippen LogP contribution in [0.4, 0.5) is 5.69 Å². The fraction of sp³-hybridized carbons (Fsp3) is 0.118. The van der Waals surface area contributed by atoms with Gasteiger partial charge in [0, 0.05) is 0 Å². The molecule has 0 radical (unpaired) electrons. The monoisotopic (exact) mass is 358 g/mol. The Labute approximate surface area is 146 Å². The Hall–Kier alpha value is -2.51. The molecule has 0 saturated carbocycles. The molecule has 122 valence electrons. The molecule has 1 N–H and O–H groups in total. The van der Waals surface area contributed by atoms with Gasteiger partial charge in [-0.2, -0.15) is 0 Å². The zero-order valence-electron chi connectivity index (χ0n) is 13.0. The number of methoxy groups -OCH3 is 1. The van der Waals surface area contributed by atoms with Gasteiger partial charge in [-0.25, -0.2) is 9.78 Å². The summed E-state index contributed by atoms with van der Waals surface area (Å²) < 4.78 is 4.74. The van der Waals surface area contributed by atoms with Crippen LogP contribution in [0.2, 0.25) is 0 Å². The van der Waals surface area contributed by atoms with Crippen LogP contribution in [-0.2, 0) is 4.74 Å². The zero-order valence-corrected chi connectivity index (χ0v) is 14.7. The van der Waals surface area contributed by atoms with Gasteiger partial charge < -0.3 is 10.1 Å². The van der Waals surface area contributed by atoms with E-state index >= 15 is 0 Å². The van der Waals surface area contributed by atoms with Gasteiger partial charge in [0.05, 0.1) is 28.9 Å². The fourth-order valence-corrected chi connectivity index (χ4v) is 3.93. The number of amides is 1. The van der Waals surface area contributed by atoms with Crippen LogP contribution in [-0.4, -0.2) is 24.0 Å². The van der Waals surface area contributed by atoms with Crippen LogP contribution in [0.5, 0.6) is 0 Å². The van der Waals surface area contributed by atoms with Crippen molar-refractivity contribution in [3.63, 3.8) is 0 Å². The Morgan fingerprint density at radius 3 is 2.67 bits per heavy atom. The Balaban J connectivity index is 1.88. The van der Waals surface area contributed by atoms with Gasteiger partial charge in [-0.3, -0.25) is 4.79 Å². The second kappa shape index (κ2) is 6.94. The Bertz CT molecular complexity index is 885. The largest absolute Gasteiger partial charge is 0.465 e. The number of ether oxygens (including phenoxy) is 1. The van der Waals surface area contributed by atoms with Crippen molar-refractivity contribution in [1.82, 2.24) is 4.98 Å². The number of anilines is 1. The number of hydrogen-bond acceptors (Lipinski definition) is 6. The summed E-state index contributed by atoms with van der Waals surface area (Å²) in [5.41, 5.74) is 1.39. The number of carbonyl (C=O) groups excluding carboxylic acids is 2. The molecule has 5 nitrogen and oxygen atoms in total. The number of aryl methyl sites for hydroxylation is 1. The van der Waals surface area contributed by atoms with E-state index in [1.54, 1.807) is 42.5 Å². The molecular weight excluding hydrogens is 344 g/mol. The maximum Gasteiger partial charge on any atom is 0.339 e. The third-order valence-electron chi connectivity index (χ3n) is 3.32. The number of para-hydroxylation sites is 1. The minimum absolute atomic E-state index is 0.288. The average molecular weight is 358 g/mol. The first-order valence-corrected chi connectivity index (χ1v) is 8.79. The number of rotatable bonds is 4. The number of thiazole rings is 1. The van der Waals surface area contributed by atoms with Gasteiger partial charge in [0.15, 0.2) is 0 Å². The van der Waals surface area contributed by atoms with E-state index in [4.69, 9.17) is 4.74 Å². The van der Waals surface area contributed by atoms with Crippen molar-refractivity contribution < 1.29 is 14.3 Å². The van der Waals surface area contributed by atoms with Gasteiger partial charge in [0.2, 0.25) is 0 Å². The Morgan fingerprint density at radius 1 is 1.17 bits per heavy atom. The van der Waals surface area contributed by atoms with Gasteiger partial charge in [-0.05, 0) is 30.5 Å². The number of nitrogens with zero attached hydrogens (tertiary/aromatic N) is 1. The maximum atomic E-state index is 12.6. The van der Waals surface area contributed by atoms with E-state index in [1.807, 2.05) is 17.5 Å². The Kier molecular flexibility index (Phi) is 4.73. The average Bonchev–Trinajstić information content (AvgIpc) is 3.24. The molecule has 1 amide bonds. The number of aromatic nitrogens is 1. The number of hydrogen-bond donors (Lipinski definition) is 1. The minimum Gasteiger partial charge on any atom is -0.465 e. The first-order valence-electron chi connectivity index (χ1n) is 7.10. The molecule has 24 heavy (non-hydrogen) atoms. The SMILES string of the molecule is COC(=O)c1ccccc1NC(=O)c1sc(-c2cccs2)nc1C. The lowest BCUT2D eigenvalue weighted by Crippen LogP contribution is -2.15. The first kappa shape index (κ1) is 16.4. The third kappa shape index (κ3) is 3.22. The highest BCUT2D eigenvalue weighted by Gasteiger charge is 2.19. The van der Waals surface area contributed by atoms with Crippen molar-refractivity contribution in [2.45, 2.75) is 6.92 Å². The van der Waals surface area contributed by atoms with Crippen LogP contribution in [0, 0.1) is 6.92 Å². The molecule has 3 aromatic rings. The third-order valence-corrected chi connectivity index (χ3v) is 5.51. The van der Waals surface area contributed by atoms with Crippen LogP contribution in [0.15, 0.2) is 41.8 Å². The van der Waals surface area contributed by atoms with Crippen molar-refractivity contribution >= 4 is 40.2 Å². The second-order valence-corrected chi connectivity index (χ2v) is 6.85. The summed E-state index contributed by atoms with van der Waals surface area (Å²) in [5, 5.41) is 5.56. The summed E-state index contributed by atoms with van der Waals surface area (Å²) in [6.45, 7) is 1.80. The van der Waals surface area contributed by atoms with E-state index in [0.717, 1.165) is 9.88 Å². The summed E-state index contributed by atoms with van der Waals surface area (Å²) in [6, 6.07) is 10.7. The summed E-state index contributed by atoms with van der Waals surface area (Å²) in [7, 11) is 1.31. The number of carbonyl (C=O) groups is 2. The van der Waals surface area contributed by atoms with Crippen LogP contribution >= 0.6 is 22.7 Å². The predicted molar refractivity (Wildman–Crippen MR) is 95.9 cm³/mol. The molecule has 3 rings (SSSR count). The summed E-state index contributed by atoms with van der Waals surface area (Å²) >= 11 is 2.91. The number of esters is 1. The van der Waals surface area contributed by atoms with Gasteiger partial charge in [-0.15, -0.1) is 22.7 Å². The topological polar surface area (TPSA) is 68.3 Å². The highest BCUT2D eigenvalue weighted by Crippen LogP contribution is 2.31. The van der Waals surface area contributed by atoms with Crippen LogP contribution in [0.25, 0.3) is 9.88 Å². The zero-order chi connectivity index (χ0) is 17.1. The molecule has 7 heteroatoms. The minimum atomic E-state index is -0.494. The second-order valence-electron chi connectivity index (χ2n) is 4.90. The fourth-order valence-electron chi connectivity index (χ4n) is 2.17. The summed E-state index contributed by atoms with van der Waals surface area (Å²) in [5.74, 6) is -0.782. The lowest BCUT2D eigenvalue weighted by atomic mass is 10.1. The molecule has 2 aromatic heterocycles. The van der Waals surface area contributed by atoms with Gasteiger partial charge >= 0.3 is 5.97 Å². The Morgan fingerprint density at radius 2 is 1.96 bits per heavy atom. The predicted octanol–water partition coefficient (Wildman–Crippen LogP) is 4.22. The quantitative estimate of drug-likeness (QED) is 0.709. The molecule has 0 saturated heterocycles. The lowest BCUT2D eigenvalue weighted by Gasteiger charge is -2.08. The van der Waals surface area contributed by atoms with Crippen LogP contribution in [0.3, 0.4) is 0 Å². The number of benzene rings is 1.